The van der Waals surface area contributed by atoms with Gasteiger partial charge in [0.15, 0.2) is 0 Å². The lowest BCUT2D eigenvalue weighted by atomic mass is 9.84. The Hall–Kier alpha value is -1.61. The van der Waals surface area contributed by atoms with Crippen molar-refractivity contribution in [3.05, 3.63) is 41.5 Å². The van der Waals surface area contributed by atoms with E-state index >= 15 is 0 Å². The van der Waals surface area contributed by atoms with Crippen LogP contribution in [0.3, 0.4) is 0 Å². The molecule has 3 rings (SSSR count). The number of fused-ring (bicyclic) bond motifs is 3. The van der Waals surface area contributed by atoms with Gasteiger partial charge in [-0.05, 0) is 35.1 Å². The third kappa shape index (κ3) is 1.67. The van der Waals surface area contributed by atoms with Gasteiger partial charge in [-0.15, -0.1) is 11.3 Å². The maximum atomic E-state index is 10.5. The Labute approximate surface area is 104 Å². The van der Waals surface area contributed by atoms with Gasteiger partial charge >= 0.3 is 0 Å². The molecule has 0 saturated carbocycles. The molecule has 2 nitrogen and oxygen atoms in total. The Morgan fingerprint density at radius 1 is 1.41 bits per heavy atom. The molecule has 0 saturated heterocycles. The number of carbonyl (C=O) groups excluding carboxylic acids is 1. The largest absolute Gasteiger partial charge is 0.320 e. The molecule has 0 radical (unpaired) electrons. The van der Waals surface area contributed by atoms with E-state index in [-0.39, 0.29) is 0 Å². The van der Waals surface area contributed by atoms with E-state index in [2.05, 4.69) is 42.6 Å². The molecule has 86 valence electrons. The predicted octanol–water partition coefficient (Wildman–Crippen LogP) is 3.64. The number of amides is 1. The Morgan fingerprint density at radius 3 is 3.06 bits per heavy atom. The molecule has 1 aromatic carbocycles. The van der Waals surface area contributed by atoms with Crippen LogP contribution in [0.4, 0.5) is 5.00 Å². The summed E-state index contributed by atoms with van der Waals surface area (Å²) in [4.78, 5) is 11.8. The monoisotopic (exact) mass is 243 g/mol. The van der Waals surface area contributed by atoms with Crippen LogP contribution in [0.5, 0.6) is 0 Å². The van der Waals surface area contributed by atoms with Crippen LogP contribution in [0, 0.1) is 0 Å². The molecule has 0 bridgehead atoms. The molecule has 1 amide bonds. The van der Waals surface area contributed by atoms with Crippen LogP contribution in [-0.4, -0.2) is 6.41 Å². The van der Waals surface area contributed by atoms with Crippen molar-refractivity contribution in [2.45, 2.75) is 19.3 Å². The molecule has 1 atom stereocenters. The average Bonchev–Trinajstić information content (AvgIpc) is 2.73. The summed E-state index contributed by atoms with van der Waals surface area (Å²) in [6.45, 7) is 2.26. The van der Waals surface area contributed by atoms with E-state index in [0.717, 1.165) is 17.8 Å². The van der Waals surface area contributed by atoms with E-state index in [1.54, 1.807) is 11.3 Å². The summed E-state index contributed by atoms with van der Waals surface area (Å²) in [5.74, 6) is 0.553. The van der Waals surface area contributed by atoms with Crippen LogP contribution in [0.2, 0.25) is 0 Å². The first-order valence-corrected chi connectivity index (χ1v) is 6.53. The van der Waals surface area contributed by atoms with Crippen molar-refractivity contribution in [1.29, 1.82) is 0 Å². The molecule has 1 N–H and O–H groups in total. The van der Waals surface area contributed by atoms with Crippen molar-refractivity contribution >= 4 is 22.7 Å². The first kappa shape index (κ1) is 10.5. The Balaban J connectivity index is 2.15. The number of rotatable bonds is 2. The zero-order valence-electron chi connectivity index (χ0n) is 9.57. The van der Waals surface area contributed by atoms with E-state index in [4.69, 9.17) is 0 Å². The topological polar surface area (TPSA) is 29.1 Å². The van der Waals surface area contributed by atoms with Gasteiger partial charge in [-0.1, -0.05) is 31.2 Å². The van der Waals surface area contributed by atoms with Gasteiger partial charge in [0.2, 0.25) is 6.41 Å². The second-order valence-electron chi connectivity index (χ2n) is 4.42. The summed E-state index contributed by atoms with van der Waals surface area (Å²) in [7, 11) is 0. The Bertz CT molecular complexity index is 573. The number of benzene rings is 1. The van der Waals surface area contributed by atoms with Crippen LogP contribution in [0.15, 0.2) is 30.3 Å². The molecule has 1 aliphatic carbocycles. The molecule has 1 unspecified atom stereocenters. The number of hydrogen-bond acceptors (Lipinski definition) is 2. The lowest BCUT2D eigenvalue weighted by molar-refractivity contribution is -0.105. The molecular weight excluding hydrogens is 230 g/mol. The van der Waals surface area contributed by atoms with Crippen LogP contribution < -0.4 is 5.32 Å². The van der Waals surface area contributed by atoms with Crippen molar-refractivity contribution in [3.8, 4) is 10.4 Å². The summed E-state index contributed by atoms with van der Waals surface area (Å²) < 4.78 is 0. The van der Waals surface area contributed by atoms with Crippen LogP contribution in [0.25, 0.3) is 10.4 Å². The van der Waals surface area contributed by atoms with E-state index in [9.17, 15) is 4.79 Å². The van der Waals surface area contributed by atoms with E-state index < -0.39 is 0 Å². The van der Waals surface area contributed by atoms with Gasteiger partial charge < -0.3 is 5.32 Å². The molecule has 1 aliphatic rings. The molecule has 1 aromatic heterocycles. The molecule has 0 fully saturated rings. The fraction of sp³-hybridized carbons (Fsp3) is 0.214. The zero-order valence-corrected chi connectivity index (χ0v) is 10.4. The Morgan fingerprint density at radius 2 is 2.24 bits per heavy atom. The van der Waals surface area contributed by atoms with Crippen molar-refractivity contribution < 1.29 is 4.79 Å². The Kier molecular flexibility index (Phi) is 2.48. The normalized spacial score (nSPS) is 17.1. The first-order valence-electron chi connectivity index (χ1n) is 5.72. The SMILES string of the molecule is CC1Cc2cc(NC=O)sc2-c2ccccc21. The molecule has 0 spiro atoms. The smallest absolute Gasteiger partial charge is 0.212 e. The third-order valence-corrected chi connectivity index (χ3v) is 4.41. The predicted molar refractivity (Wildman–Crippen MR) is 71.6 cm³/mol. The van der Waals surface area contributed by atoms with Crippen molar-refractivity contribution in [2.24, 2.45) is 0 Å². The quantitative estimate of drug-likeness (QED) is 0.802. The summed E-state index contributed by atoms with van der Waals surface area (Å²) in [5.41, 5.74) is 4.09. The molecule has 1 heterocycles. The summed E-state index contributed by atoms with van der Waals surface area (Å²) in [5, 5.41) is 3.69. The second kappa shape index (κ2) is 4.00. The summed E-state index contributed by atoms with van der Waals surface area (Å²) in [6, 6.07) is 10.6. The number of anilines is 1. The van der Waals surface area contributed by atoms with Gasteiger partial charge in [-0.2, -0.15) is 0 Å². The van der Waals surface area contributed by atoms with Crippen LogP contribution in [-0.2, 0) is 11.2 Å². The zero-order chi connectivity index (χ0) is 11.8. The van der Waals surface area contributed by atoms with Gasteiger partial charge in [-0.3, -0.25) is 4.79 Å². The lowest BCUT2D eigenvalue weighted by Crippen LogP contribution is -2.05. The maximum Gasteiger partial charge on any atom is 0.212 e. The minimum Gasteiger partial charge on any atom is -0.320 e. The molecule has 0 aliphatic heterocycles. The fourth-order valence-corrected chi connectivity index (χ4v) is 3.61. The molecule has 2 aromatic rings. The van der Waals surface area contributed by atoms with E-state index in [1.165, 1.54) is 21.6 Å². The standard InChI is InChI=1S/C14H13NOS/c1-9-6-10-7-13(15-8-16)17-14(10)12-5-3-2-4-11(9)12/h2-5,7-9H,6H2,1H3,(H,15,16). The second-order valence-corrected chi connectivity index (χ2v) is 5.47. The number of hydrogen-bond donors (Lipinski definition) is 1. The van der Waals surface area contributed by atoms with E-state index in [1.807, 2.05) is 0 Å². The highest BCUT2D eigenvalue weighted by Gasteiger charge is 2.23. The van der Waals surface area contributed by atoms with E-state index in [0.29, 0.717) is 5.92 Å². The van der Waals surface area contributed by atoms with Crippen molar-refractivity contribution in [2.75, 3.05) is 5.32 Å². The van der Waals surface area contributed by atoms with Crippen LogP contribution in [0.1, 0.15) is 24.0 Å². The number of thiophene rings is 1. The van der Waals surface area contributed by atoms with Gasteiger partial charge in [0.05, 0.1) is 5.00 Å². The van der Waals surface area contributed by atoms with Gasteiger partial charge in [0.25, 0.3) is 0 Å². The lowest BCUT2D eigenvalue weighted by Gasteiger charge is -2.22. The number of nitrogens with one attached hydrogen (secondary N) is 1. The fourth-order valence-electron chi connectivity index (χ4n) is 2.51. The highest BCUT2D eigenvalue weighted by Crippen LogP contribution is 2.45. The van der Waals surface area contributed by atoms with Gasteiger partial charge in [0, 0.05) is 4.88 Å². The summed E-state index contributed by atoms with van der Waals surface area (Å²) >= 11 is 1.66. The average molecular weight is 243 g/mol. The van der Waals surface area contributed by atoms with Gasteiger partial charge in [0.1, 0.15) is 0 Å². The minimum atomic E-state index is 0.553. The highest BCUT2D eigenvalue weighted by atomic mass is 32.1. The highest BCUT2D eigenvalue weighted by molar-refractivity contribution is 7.19. The third-order valence-electron chi connectivity index (χ3n) is 3.27. The molecule has 3 heteroatoms. The van der Waals surface area contributed by atoms with Crippen molar-refractivity contribution in [1.82, 2.24) is 0 Å². The molecular formula is C14H13NOS. The van der Waals surface area contributed by atoms with Crippen molar-refractivity contribution in [3.63, 3.8) is 0 Å². The molecule has 17 heavy (non-hydrogen) atoms. The number of carbonyl (C=O) groups is 1. The summed E-state index contributed by atoms with van der Waals surface area (Å²) in [6.07, 6.45) is 1.80. The maximum absolute atomic E-state index is 10.5. The van der Waals surface area contributed by atoms with Crippen LogP contribution >= 0.6 is 11.3 Å². The van der Waals surface area contributed by atoms with Gasteiger partial charge in [-0.25, -0.2) is 0 Å². The minimum absolute atomic E-state index is 0.553. The first-order chi connectivity index (χ1) is 8.29.